The van der Waals surface area contributed by atoms with Crippen molar-refractivity contribution in [2.75, 3.05) is 30.8 Å². The predicted molar refractivity (Wildman–Crippen MR) is 112 cm³/mol. The maximum Gasteiger partial charge on any atom is 0.261 e. The van der Waals surface area contributed by atoms with Crippen molar-refractivity contribution in [2.45, 2.75) is 25.4 Å². The molecule has 1 N–H and O–H groups in total. The highest BCUT2D eigenvalue weighted by atomic mass is 32.2. The minimum Gasteiger partial charge on any atom is -0.497 e. The molecule has 1 heterocycles. The van der Waals surface area contributed by atoms with Crippen molar-refractivity contribution in [3.8, 4) is 11.5 Å². The molecule has 0 spiro atoms. The summed E-state index contributed by atoms with van der Waals surface area (Å²) in [7, 11) is -1.82. The Balaban J connectivity index is 1.57. The second kappa shape index (κ2) is 9.17. The van der Waals surface area contributed by atoms with Gasteiger partial charge in [-0.1, -0.05) is 24.3 Å². The van der Waals surface area contributed by atoms with Crippen LogP contribution in [0.2, 0.25) is 0 Å². The van der Waals surface area contributed by atoms with Gasteiger partial charge in [-0.15, -0.1) is 0 Å². The van der Waals surface area contributed by atoms with Gasteiger partial charge in [0.2, 0.25) is 10.0 Å². The molecule has 3 rings (SSSR count). The number of methoxy groups -OCH3 is 1. The van der Waals surface area contributed by atoms with Crippen molar-refractivity contribution in [3.05, 3.63) is 54.1 Å². The first-order valence-corrected chi connectivity index (χ1v) is 11.4. The lowest BCUT2D eigenvalue weighted by Crippen LogP contribution is -2.40. The van der Waals surface area contributed by atoms with Crippen LogP contribution >= 0.6 is 0 Å². The maximum absolute atomic E-state index is 12.6. The molecule has 1 aliphatic heterocycles. The molecule has 2 aromatic rings. The minimum atomic E-state index is -3.46. The molecule has 0 saturated heterocycles. The molecular formula is C21H26N2O5S. The number of nitrogens with zero attached hydrogens (tertiary/aromatic N) is 1. The molecule has 1 unspecified atom stereocenters. The first kappa shape index (κ1) is 21.0. The number of hydrogen-bond donors (Lipinski definition) is 1. The summed E-state index contributed by atoms with van der Waals surface area (Å²) in [6, 6.07) is 14.7. The fourth-order valence-corrected chi connectivity index (χ4v) is 4.25. The standard InChI is InChI=1S/C21H26N2O5S/c1-27-17-9-5-7-16(15-17)8-6-13-22-21(24)20-12-14-23(29(2,25)26)18-10-3-4-11-19(18)28-20/h3-5,7,9-11,15,20H,6,8,12-14H2,1-2H3,(H,22,24). The molecule has 1 amide bonds. The number of anilines is 1. The van der Waals surface area contributed by atoms with Crippen LogP contribution in [0.5, 0.6) is 11.5 Å². The highest BCUT2D eigenvalue weighted by Gasteiger charge is 2.30. The smallest absolute Gasteiger partial charge is 0.261 e. The molecule has 1 aliphatic rings. The summed E-state index contributed by atoms with van der Waals surface area (Å²) in [5.74, 6) is 0.972. The molecule has 156 valence electrons. The summed E-state index contributed by atoms with van der Waals surface area (Å²) in [5, 5.41) is 2.90. The van der Waals surface area contributed by atoms with E-state index in [-0.39, 0.29) is 18.9 Å². The van der Waals surface area contributed by atoms with Crippen LogP contribution in [0.1, 0.15) is 18.4 Å². The van der Waals surface area contributed by atoms with Crippen LogP contribution in [-0.2, 0) is 21.2 Å². The Morgan fingerprint density at radius 3 is 2.79 bits per heavy atom. The number of fused-ring (bicyclic) bond motifs is 1. The summed E-state index contributed by atoms with van der Waals surface area (Å²) in [5.41, 5.74) is 1.60. The summed E-state index contributed by atoms with van der Waals surface area (Å²) in [4.78, 5) is 12.6. The highest BCUT2D eigenvalue weighted by molar-refractivity contribution is 7.92. The average Bonchev–Trinajstić information content (AvgIpc) is 2.91. The third-order valence-electron chi connectivity index (χ3n) is 4.77. The van der Waals surface area contributed by atoms with Gasteiger partial charge in [0, 0.05) is 19.5 Å². The summed E-state index contributed by atoms with van der Waals surface area (Å²) < 4.78 is 36.6. The van der Waals surface area contributed by atoms with Crippen LogP contribution in [0.25, 0.3) is 0 Å². The van der Waals surface area contributed by atoms with Crippen molar-refractivity contribution in [1.29, 1.82) is 0 Å². The van der Waals surface area contributed by atoms with Crippen molar-refractivity contribution < 1.29 is 22.7 Å². The van der Waals surface area contributed by atoms with Crippen molar-refractivity contribution >= 4 is 21.6 Å². The summed E-state index contributed by atoms with van der Waals surface area (Å²) in [6.07, 6.45) is 2.29. The van der Waals surface area contributed by atoms with Gasteiger partial charge >= 0.3 is 0 Å². The minimum absolute atomic E-state index is 0.192. The first-order chi connectivity index (χ1) is 13.9. The monoisotopic (exact) mass is 418 g/mol. The average molecular weight is 419 g/mol. The SMILES string of the molecule is COc1cccc(CCCNC(=O)C2CCN(S(C)(=O)=O)c3ccccc3O2)c1. The fraction of sp³-hybridized carbons (Fsp3) is 0.381. The van der Waals surface area contributed by atoms with Gasteiger partial charge in [-0.25, -0.2) is 8.42 Å². The maximum atomic E-state index is 12.6. The number of carbonyl (C=O) groups is 1. The normalized spacial score (nSPS) is 16.3. The summed E-state index contributed by atoms with van der Waals surface area (Å²) >= 11 is 0. The quantitative estimate of drug-likeness (QED) is 0.698. The van der Waals surface area contributed by atoms with Gasteiger partial charge in [0.25, 0.3) is 5.91 Å². The largest absolute Gasteiger partial charge is 0.497 e. The highest BCUT2D eigenvalue weighted by Crippen LogP contribution is 2.33. The van der Waals surface area contributed by atoms with E-state index in [0.29, 0.717) is 18.0 Å². The number of aryl methyl sites for hydroxylation is 1. The van der Waals surface area contributed by atoms with Gasteiger partial charge in [0.1, 0.15) is 11.5 Å². The van der Waals surface area contributed by atoms with E-state index < -0.39 is 16.1 Å². The predicted octanol–water partition coefficient (Wildman–Crippen LogP) is 2.36. The molecule has 8 heteroatoms. The Kier molecular flexibility index (Phi) is 6.64. The lowest BCUT2D eigenvalue weighted by Gasteiger charge is -2.20. The van der Waals surface area contributed by atoms with Crippen molar-refractivity contribution in [1.82, 2.24) is 5.32 Å². The molecule has 0 aromatic heterocycles. The number of sulfonamides is 1. The molecule has 0 bridgehead atoms. The second-order valence-electron chi connectivity index (χ2n) is 6.94. The Hall–Kier alpha value is -2.74. The van der Waals surface area contributed by atoms with Crippen molar-refractivity contribution in [2.24, 2.45) is 0 Å². The second-order valence-corrected chi connectivity index (χ2v) is 8.85. The van der Waals surface area contributed by atoms with Gasteiger partial charge in [0.15, 0.2) is 6.10 Å². The molecule has 0 saturated carbocycles. The molecule has 7 nitrogen and oxygen atoms in total. The first-order valence-electron chi connectivity index (χ1n) is 9.52. The van der Waals surface area contributed by atoms with Gasteiger partial charge in [-0.05, 0) is 42.7 Å². The molecular weight excluding hydrogens is 392 g/mol. The van der Waals surface area contributed by atoms with E-state index in [9.17, 15) is 13.2 Å². The van der Waals surface area contributed by atoms with E-state index in [1.54, 1.807) is 31.4 Å². The fourth-order valence-electron chi connectivity index (χ4n) is 3.30. The van der Waals surface area contributed by atoms with Gasteiger partial charge < -0.3 is 14.8 Å². The number of nitrogens with one attached hydrogen (secondary N) is 1. The number of rotatable bonds is 7. The van der Waals surface area contributed by atoms with Crippen LogP contribution in [0.3, 0.4) is 0 Å². The number of ether oxygens (including phenoxy) is 2. The van der Waals surface area contributed by atoms with Crippen LogP contribution in [0.15, 0.2) is 48.5 Å². The topological polar surface area (TPSA) is 84.9 Å². The Labute approximate surface area is 171 Å². The number of para-hydroxylation sites is 2. The van der Waals surface area contributed by atoms with Crippen LogP contribution in [0, 0.1) is 0 Å². The summed E-state index contributed by atoms with van der Waals surface area (Å²) in [6.45, 7) is 0.699. The number of hydrogen-bond acceptors (Lipinski definition) is 5. The Morgan fingerprint density at radius 1 is 1.24 bits per heavy atom. The van der Waals surface area contributed by atoms with Gasteiger partial charge in [0.05, 0.1) is 19.1 Å². The van der Waals surface area contributed by atoms with Crippen molar-refractivity contribution in [3.63, 3.8) is 0 Å². The Bertz CT molecular complexity index is 961. The van der Waals surface area contributed by atoms with E-state index in [4.69, 9.17) is 9.47 Å². The van der Waals surface area contributed by atoms with Crippen LogP contribution in [-0.4, -0.2) is 46.9 Å². The molecule has 0 aliphatic carbocycles. The Morgan fingerprint density at radius 2 is 2.03 bits per heavy atom. The van der Waals surface area contributed by atoms with Gasteiger partial charge in [-0.2, -0.15) is 0 Å². The van der Waals surface area contributed by atoms with Gasteiger partial charge in [-0.3, -0.25) is 9.10 Å². The van der Waals surface area contributed by atoms with E-state index in [1.165, 1.54) is 4.31 Å². The number of carbonyl (C=O) groups excluding carboxylic acids is 1. The zero-order valence-corrected chi connectivity index (χ0v) is 17.4. The van der Waals surface area contributed by atoms with E-state index in [2.05, 4.69) is 5.32 Å². The molecule has 2 aromatic carbocycles. The third-order valence-corrected chi connectivity index (χ3v) is 5.95. The third kappa shape index (κ3) is 5.41. The van der Waals surface area contributed by atoms with Crippen LogP contribution in [0.4, 0.5) is 5.69 Å². The zero-order chi connectivity index (χ0) is 20.9. The van der Waals surface area contributed by atoms with Crippen LogP contribution < -0.4 is 19.1 Å². The lowest BCUT2D eigenvalue weighted by atomic mass is 10.1. The van der Waals surface area contributed by atoms with E-state index >= 15 is 0 Å². The van der Waals surface area contributed by atoms with E-state index in [0.717, 1.165) is 30.4 Å². The molecule has 0 fully saturated rings. The number of benzene rings is 2. The molecule has 1 atom stereocenters. The zero-order valence-electron chi connectivity index (χ0n) is 16.6. The number of amides is 1. The molecule has 0 radical (unpaired) electrons. The van der Waals surface area contributed by atoms with E-state index in [1.807, 2.05) is 24.3 Å². The molecule has 29 heavy (non-hydrogen) atoms. The lowest BCUT2D eigenvalue weighted by molar-refractivity contribution is -0.128.